The molecule has 0 bridgehead atoms. The van der Waals surface area contributed by atoms with Crippen LogP contribution in [0, 0.1) is 0 Å². The first-order chi connectivity index (χ1) is 12.3. The first-order valence-corrected chi connectivity index (χ1v) is 7.71. The van der Waals surface area contributed by atoms with Crippen molar-refractivity contribution < 1.29 is 27.9 Å². The van der Waals surface area contributed by atoms with Gasteiger partial charge < -0.3 is 10.4 Å². The first-order valence-electron chi connectivity index (χ1n) is 7.71. The zero-order chi connectivity index (χ0) is 19.2. The highest BCUT2D eigenvalue weighted by Gasteiger charge is 2.34. The van der Waals surface area contributed by atoms with Gasteiger partial charge in [-0.1, -0.05) is 30.3 Å². The van der Waals surface area contributed by atoms with E-state index in [1.807, 2.05) is 30.3 Å². The molecule has 0 spiro atoms. The smallest absolute Gasteiger partial charge is 0.451 e. The number of carboxylic acids is 1. The molecule has 2 N–H and O–H groups in total. The number of hydrogen-bond donors (Lipinski definition) is 2. The van der Waals surface area contributed by atoms with Crippen molar-refractivity contribution in [3.05, 3.63) is 59.7 Å². The number of alkyl halides is 3. The molecular formula is C17H16F3N3O3. The lowest BCUT2D eigenvalue weighted by molar-refractivity contribution is -0.145. The molecule has 1 amide bonds. The van der Waals surface area contributed by atoms with E-state index in [4.69, 9.17) is 5.11 Å². The Labute approximate surface area is 147 Å². The Morgan fingerprint density at radius 3 is 2.27 bits per heavy atom. The van der Waals surface area contributed by atoms with Gasteiger partial charge in [-0.15, -0.1) is 0 Å². The maximum Gasteiger partial charge on any atom is 0.451 e. The second kappa shape index (κ2) is 8.41. The SMILES string of the molecule is O=C(O)CCC(Cc1ccccc1)NC(=O)c1cnc(C(F)(F)F)nc1. The van der Waals surface area contributed by atoms with Crippen molar-refractivity contribution in [3.8, 4) is 0 Å². The number of carbonyl (C=O) groups is 2. The molecule has 9 heteroatoms. The highest BCUT2D eigenvalue weighted by atomic mass is 19.4. The van der Waals surface area contributed by atoms with Crippen LogP contribution < -0.4 is 5.32 Å². The molecule has 0 aliphatic carbocycles. The van der Waals surface area contributed by atoms with Crippen LogP contribution in [-0.4, -0.2) is 33.0 Å². The Morgan fingerprint density at radius 2 is 1.73 bits per heavy atom. The van der Waals surface area contributed by atoms with E-state index in [2.05, 4.69) is 15.3 Å². The van der Waals surface area contributed by atoms with E-state index in [0.29, 0.717) is 6.42 Å². The van der Waals surface area contributed by atoms with Crippen molar-refractivity contribution in [2.24, 2.45) is 0 Å². The van der Waals surface area contributed by atoms with E-state index in [0.717, 1.165) is 18.0 Å². The standard InChI is InChI=1S/C17H16F3N3O3/c18-17(19,20)16-21-9-12(10-22-16)15(26)23-13(6-7-14(24)25)8-11-4-2-1-3-5-11/h1-5,9-10,13H,6-8H2,(H,23,26)(H,24,25). The van der Waals surface area contributed by atoms with Crippen LogP contribution in [0.5, 0.6) is 0 Å². The third-order valence-corrected chi connectivity index (χ3v) is 3.53. The van der Waals surface area contributed by atoms with Crippen LogP contribution in [0.1, 0.15) is 34.6 Å². The zero-order valence-corrected chi connectivity index (χ0v) is 13.5. The predicted molar refractivity (Wildman–Crippen MR) is 85.3 cm³/mol. The molecule has 2 aromatic rings. The summed E-state index contributed by atoms with van der Waals surface area (Å²) in [5.41, 5.74) is 0.762. The third kappa shape index (κ3) is 5.83. The average molecular weight is 367 g/mol. The topological polar surface area (TPSA) is 92.2 Å². The molecule has 26 heavy (non-hydrogen) atoms. The molecule has 2 rings (SSSR count). The molecule has 0 aliphatic rings. The Bertz CT molecular complexity index is 749. The van der Waals surface area contributed by atoms with Crippen molar-refractivity contribution in [3.63, 3.8) is 0 Å². The van der Waals surface area contributed by atoms with Crippen LogP contribution in [0.3, 0.4) is 0 Å². The lowest BCUT2D eigenvalue weighted by atomic mass is 10.0. The molecule has 138 valence electrons. The number of rotatable bonds is 7. The quantitative estimate of drug-likeness (QED) is 0.785. The summed E-state index contributed by atoms with van der Waals surface area (Å²) in [7, 11) is 0. The fraction of sp³-hybridized carbons (Fsp3) is 0.294. The van der Waals surface area contributed by atoms with Crippen LogP contribution in [0.15, 0.2) is 42.7 Å². The first kappa shape index (κ1) is 19.4. The van der Waals surface area contributed by atoms with Gasteiger partial charge in [0.15, 0.2) is 0 Å². The molecule has 1 aromatic carbocycles. The summed E-state index contributed by atoms with van der Waals surface area (Å²) in [5, 5.41) is 11.5. The Morgan fingerprint density at radius 1 is 1.12 bits per heavy atom. The molecule has 0 saturated heterocycles. The molecule has 1 atom stereocenters. The number of nitrogens with one attached hydrogen (secondary N) is 1. The lowest BCUT2D eigenvalue weighted by Crippen LogP contribution is -2.37. The molecule has 1 unspecified atom stereocenters. The summed E-state index contributed by atoms with van der Waals surface area (Å²) in [6.45, 7) is 0. The van der Waals surface area contributed by atoms with Crippen molar-refractivity contribution in [2.75, 3.05) is 0 Å². The van der Waals surface area contributed by atoms with Gasteiger partial charge in [0.25, 0.3) is 5.91 Å². The molecule has 0 fully saturated rings. The van der Waals surface area contributed by atoms with Gasteiger partial charge in [0.05, 0.1) is 5.56 Å². The van der Waals surface area contributed by atoms with Crippen molar-refractivity contribution in [1.29, 1.82) is 0 Å². The molecule has 0 saturated carbocycles. The number of benzene rings is 1. The minimum absolute atomic E-state index is 0.133. The van der Waals surface area contributed by atoms with Crippen LogP contribution in [-0.2, 0) is 17.4 Å². The van der Waals surface area contributed by atoms with Crippen molar-refractivity contribution in [2.45, 2.75) is 31.5 Å². The Hall–Kier alpha value is -2.97. The van der Waals surface area contributed by atoms with Gasteiger partial charge in [0, 0.05) is 24.9 Å². The normalized spacial score (nSPS) is 12.4. The van der Waals surface area contributed by atoms with E-state index in [9.17, 15) is 22.8 Å². The minimum atomic E-state index is -4.69. The van der Waals surface area contributed by atoms with Crippen molar-refractivity contribution in [1.82, 2.24) is 15.3 Å². The number of aliphatic carboxylic acids is 1. The lowest BCUT2D eigenvalue weighted by Gasteiger charge is -2.18. The van der Waals surface area contributed by atoms with Gasteiger partial charge >= 0.3 is 12.1 Å². The summed E-state index contributed by atoms with van der Waals surface area (Å²) >= 11 is 0. The summed E-state index contributed by atoms with van der Waals surface area (Å²) in [6.07, 6.45) is -2.68. The molecule has 1 aromatic heterocycles. The Kier molecular flexibility index (Phi) is 6.26. The van der Waals surface area contributed by atoms with Crippen LogP contribution in [0.25, 0.3) is 0 Å². The summed E-state index contributed by atoms with van der Waals surface area (Å²) in [4.78, 5) is 29.3. The number of nitrogens with zero attached hydrogens (tertiary/aromatic N) is 2. The van der Waals surface area contributed by atoms with Gasteiger partial charge in [-0.2, -0.15) is 13.2 Å². The number of carboxylic acid groups (broad SMARTS) is 1. The van der Waals surface area contributed by atoms with E-state index in [1.165, 1.54) is 0 Å². The fourth-order valence-corrected chi connectivity index (χ4v) is 2.28. The molecule has 1 heterocycles. The number of hydrogen-bond acceptors (Lipinski definition) is 4. The number of amides is 1. The summed E-state index contributed by atoms with van der Waals surface area (Å²) < 4.78 is 37.4. The van der Waals surface area contributed by atoms with E-state index in [-0.39, 0.29) is 18.4 Å². The monoisotopic (exact) mass is 367 g/mol. The Balaban J connectivity index is 2.08. The van der Waals surface area contributed by atoms with Gasteiger partial charge in [0.1, 0.15) is 0 Å². The maximum absolute atomic E-state index is 12.5. The second-order valence-electron chi connectivity index (χ2n) is 5.59. The number of aromatic nitrogens is 2. The zero-order valence-electron chi connectivity index (χ0n) is 13.5. The summed E-state index contributed by atoms with van der Waals surface area (Å²) in [5.74, 6) is -3.00. The van der Waals surface area contributed by atoms with Crippen LogP contribution in [0.4, 0.5) is 13.2 Å². The van der Waals surface area contributed by atoms with Gasteiger partial charge in [-0.25, -0.2) is 9.97 Å². The molecule has 0 aliphatic heterocycles. The fourth-order valence-electron chi connectivity index (χ4n) is 2.28. The van der Waals surface area contributed by atoms with Gasteiger partial charge in [-0.3, -0.25) is 9.59 Å². The summed E-state index contributed by atoms with van der Waals surface area (Å²) in [6, 6.07) is 8.63. The van der Waals surface area contributed by atoms with Crippen LogP contribution >= 0.6 is 0 Å². The number of carbonyl (C=O) groups excluding carboxylic acids is 1. The highest BCUT2D eigenvalue weighted by Crippen LogP contribution is 2.25. The van der Waals surface area contributed by atoms with Gasteiger partial charge in [-0.05, 0) is 18.4 Å². The van der Waals surface area contributed by atoms with E-state index < -0.39 is 29.9 Å². The predicted octanol–water partition coefficient (Wildman–Crippen LogP) is 2.70. The molecule has 0 radical (unpaired) electrons. The minimum Gasteiger partial charge on any atom is -0.481 e. The molecule has 6 nitrogen and oxygen atoms in total. The van der Waals surface area contributed by atoms with E-state index >= 15 is 0 Å². The second-order valence-corrected chi connectivity index (χ2v) is 5.59. The maximum atomic E-state index is 12.5. The molecular weight excluding hydrogens is 351 g/mol. The number of halogens is 3. The third-order valence-electron chi connectivity index (χ3n) is 3.53. The van der Waals surface area contributed by atoms with Crippen LogP contribution in [0.2, 0.25) is 0 Å². The average Bonchev–Trinajstić information content (AvgIpc) is 2.60. The highest BCUT2D eigenvalue weighted by molar-refractivity contribution is 5.93. The van der Waals surface area contributed by atoms with Gasteiger partial charge in [0.2, 0.25) is 5.82 Å². The van der Waals surface area contributed by atoms with E-state index in [1.54, 1.807) is 0 Å². The largest absolute Gasteiger partial charge is 0.481 e. The van der Waals surface area contributed by atoms with Crippen molar-refractivity contribution >= 4 is 11.9 Å².